The number of urea groups is 1. The third-order valence-corrected chi connectivity index (χ3v) is 6.63. The first-order valence-electron chi connectivity index (χ1n) is 10.2. The highest BCUT2D eigenvalue weighted by atomic mass is 16.7. The number of rotatable bonds is 5. The summed E-state index contributed by atoms with van der Waals surface area (Å²) in [6, 6.07) is 5.93. The molecule has 2 saturated heterocycles. The standard InChI is InChI=1S/C20H26N4O4/c1-20(15-3-4-15)18(25)24(19(26)21-20)12-23-8-6-22(7-9-23)11-14-2-5-16-17(10-14)28-13-27-16/h2,5,10,15H,3-4,6-9,11-13H2,1H3,(H,21,26)/p+2/t20-/m0/s1. The monoisotopic (exact) mass is 388 g/mol. The number of imide groups is 1. The third kappa shape index (κ3) is 3.10. The number of benzene rings is 1. The summed E-state index contributed by atoms with van der Waals surface area (Å²) in [4.78, 5) is 29.4. The summed E-state index contributed by atoms with van der Waals surface area (Å²) in [5, 5.41) is 2.94. The fourth-order valence-electron chi connectivity index (χ4n) is 4.65. The Labute approximate surface area is 164 Å². The number of carbonyl (C=O) groups excluding carboxylic acids is 2. The van der Waals surface area contributed by atoms with E-state index in [9.17, 15) is 9.59 Å². The van der Waals surface area contributed by atoms with E-state index in [-0.39, 0.29) is 11.9 Å². The van der Waals surface area contributed by atoms with Crippen LogP contribution in [0.15, 0.2) is 18.2 Å². The largest absolute Gasteiger partial charge is 0.454 e. The molecule has 1 saturated carbocycles. The van der Waals surface area contributed by atoms with Gasteiger partial charge in [-0.2, -0.15) is 0 Å². The van der Waals surface area contributed by atoms with Gasteiger partial charge in [0.1, 0.15) is 38.3 Å². The molecule has 28 heavy (non-hydrogen) atoms. The maximum Gasteiger partial charge on any atom is 0.329 e. The van der Waals surface area contributed by atoms with Crippen LogP contribution in [0.2, 0.25) is 0 Å². The number of carbonyl (C=O) groups is 2. The topological polar surface area (TPSA) is 76.8 Å². The molecule has 0 unspecified atom stereocenters. The normalized spacial score (nSPS) is 32.0. The maximum absolute atomic E-state index is 12.8. The van der Waals surface area contributed by atoms with E-state index in [0.717, 1.165) is 57.1 Å². The lowest BCUT2D eigenvalue weighted by Gasteiger charge is -2.31. The zero-order valence-corrected chi connectivity index (χ0v) is 16.3. The van der Waals surface area contributed by atoms with Gasteiger partial charge in [0.15, 0.2) is 18.2 Å². The van der Waals surface area contributed by atoms with E-state index in [4.69, 9.17) is 9.47 Å². The quantitative estimate of drug-likeness (QED) is 0.530. The van der Waals surface area contributed by atoms with Crippen molar-refractivity contribution in [2.24, 2.45) is 5.92 Å². The third-order valence-electron chi connectivity index (χ3n) is 6.63. The van der Waals surface area contributed by atoms with Crippen LogP contribution in [0.5, 0.6) is 11.5 Å². The lowest BCUT2D eigenvalue weighted by atomic mass is 9.96. The number of hydrogen-bond donors (Lipinski definition) is 3. The molecule has 3 aliphatic heterocycles. The smallest absolute Gasteiger partial charge is 0.329 e. The SMILES string of the molecule is C[C@@]1(C2CC2)NC(=O)N(C[NH+]2CC[NH+](Cc3ccc4c(c3)OCO4)CC2)C1=O. The zero-order chi connectivity index (χ0) is 19.3. The molecule has 3 amide bonds. The van der Waals surface area contributed by atoms with Crippen LogP contribution in [0.25, 0.3) is 0 Å². The van der Waals surface area contributed by atoms with E-state index in [0.29, 0.717) is 19.4 Å². The summed E-state index contributed by atoms with van der Waals surface area (Å²) in [6.07, 6.45) is 2.07. The van der Waals surface area contributed by atoms with Gasteiger partial charge in [0.05, 0.1) is 0 Å². The number of fused-ring (bicyclic) bond motifs is 1. The Morgan fingerprint density at radius 1 is 1.11 bits per heavy atom. The number of amides is 3. The molecule has 1 aliphatic carbocycles. The zero-order valence-electron chi connectivity index (χ0n) is 16.3. The van der Waals surface area contributed by atoms with Gasteiger partial charge in [0.2, 0.25) is 6.79 Å². The van der Waals surface area contributed by atoms with E-state index in [1.54, 1.807) is 0 Å². The van der Waals surface area contributed by atoms with Crippen molar-refractivity contribution in [3.8, 4) is 11.5 Å². The number of quaternary nitrogens is 2. The van der Waals surface area contributed by atoms with Gasteiger partial charge in [0, 0.05) is 5.56 Å². The molecule has 8 heteroatoms. The predicted molar refractivity (Wildman–Crippen MR) is 99.0 cm³/mol. The molecule has 5 rings (SSSR count). The van der Waals surface area contributed by atoms with Crippen LogP contribution in [-0.4, -0.2) is 62.0 Å². The van der Waals surface area contributed by atoms with Crippen molar-refractivity contribution in [2.45, 2.75) is 31.8 Å². The molecule has 0 radical (unpaired) electrons. The van der Waals surface area contributed by atoms with E-state index in [2.05, 4.69) is 17.4 Å². The Morgan fingerprint density at radius 3 is 2.57 bits per heavy atom. The fourth-order valence-corrected chi connectivity index (χ4v) is 4.65. The molecule has 4 aliphatic rings. The lowest BCUT2D eigenvalue weighted by molar-refractivity contribution is -1.02. The van der Waals surface area contributed by atoms with Gasteiger partial charge in [-0.25, -0.2) is 9.69 Å². The number of hydrogen-bond acceptors (Lipinski definition) is 4. The van der Waals surface area contributed by atoms with Gasteiger partial charge in [-0.05, 0) is 43.9 Å². The summed E-state index contributed by atoms with van der Waals surface area (Å²) in [5.74, 6) is 1.92. The Bertz CT molecular complexity index is 803. The molecule has 1 aromatic carbocycles. The summed E-state index contributed by atoms with van der Waals surface area (Å²) in [6.45, 7) is 7.57. The van der Waals surface area contributed by atoms with Gasteiger partial charge < -0.3 is 24.6 Å². The molecule has 150 valence electrons. The van der Waals surface area contributed by atoms with Crippen molar-refractivity contribution in [3.05, 3.63) is 23.8 Å². The van der Waals surface area contributed by atoms with E-state index < -0.39 is 5.54 Å². The predicted octanol–water partition coefficient (Wildman–Crippen LogP) is -1.62. The molecule has 0 spiro atoms. The summed E-state index contributed by atoms with van der Waals surface area (Å²) in [7, 11) is 0. The highest BCUT2D eigenvalue weighted by Crippen LogP contribution is 2.42. The van der Waals surface area contributed by atoms with Crippen molar-refractivity contribution in [2.75, 3.05) is 39.6 Å². The molecule has 0 aromatic heterocycles. The second-order valence-corrected chi connectivity index (χ2v) is 8.66. The molecule has 8 nitrogen and oxygen atoms in total. The van der Waals surface area contributed by atoms with Gasteiger partial charge >= 0.3 is 6.03 Å². The minimum atomic E-state index is -0.678. The molecule has 3 fully saturated rings. The Kier molecular flexibility index (Phi) is 4.21. The highest BCUT2D eigenvalue weighted by Gasteiger charge is 2.56. The van der Waals surface area contributed by atoms with Crippen LogP contribution in [0, 0.1) is 5.92 Å². The number of piperazine rings is 1. The van der Waals surface area contributed by atoms with Gasteiger partial charge in [-0.3, -0.25) is 4.79 Å². The van der Waals surface area contributed by atoms with Gasteiger partial charge in [0.25, 0.3) is 5.91 Å². The van der Waals surface area contributed by atoms with Crippen LogP contribution in [0.3, 0.4) is 0 Å². The van der Waals surface area contributed by atoms with Crippen LogP contribution in [0.4, 0.5) is 4.79 Å². The number of nitrogens with one attached hydrogen (secondary N) is 3. The first-order chi connectivity index (χ1) is 13.5. The minimum Gasteiger partial charge on any atom is -0.454 e. The second-order valence-electron chi connectivity index (χ2n) is 8.66. The molecule has 3 N–H and O–H groups in total. The average molecular weight is 388 g/mol. The van der Waals surface area contributed by atoms with Crippen molar-refractivity contribution in [3.63, 3.8) is 0 Å². The van der Waals surface area contributed by atoms with Crippen LogP contribution in [0.1, 0.15) is 25.3 Å². The molecular weight excluding hydrogens is 360 g/mol. The average Bonchev–Trinajstić information content (AvgIpc) is 3.41. The van der Waals surface area contributed by atoms with E-state index in [1.165, 1.54) is 20.3 Å². The second kappa shape index (κ2) is 6.63. The van der Waals surface area contributed by atoms with Gasteiger partial charge in [-0.15, -0.1) is 0 Å². The van der Waals surface area contributed by atoms with Crippen molar-refractivity contribution < 1.29 is 28.9 Å². The molecule has 1 aromatic rings. The van der Waals surface area contributed by atoms with Crippen LogP contribution in [-0.2, 0) is 11.3 Å². The van der Waals surface area contributed by atoms with Crippen molar-refractivity contribution in [1.82, 2.24) is 10.2 Å². The molecule has 3 heterocycles. The van der Waals surface area contributed by atoms with Crippen LogP contribution < -0.4 is 24.6 Å². The summed E-state index contributed by atoms with van der Waals surface area (Å²) < 4.78 is 10.8. The van der Waals surface area contributed by atoms with Crippen LogP contribution >= 0.6 is 0 Å². The van der Waals surface area contributed by atoms with E-state index >= 15 is 0 Å². The molecule has 1 atom stereocenters. The summed E-state index contributed by atoms with van der Waals surface area (Å²) in [5.41, 5.74) is 0.570. The van der Waals surface area contributed by atoms with Crippen molar-refractivity contribution in [1.29, 1.82) is 0 Å². The minimum absolute atomic E-state index is 0.0392. The first-order valence-corrected chi connectivity index (χ1v) is 10.2. The lowest BCUT2D eigenvalue weighted by Crippen LogP contribution is -3.28. The highest BCUT2D eigenvalue weighted by molar-refractivity contribution is 6.07. The Hall–Kier alpha value is -2.32. The van der Waals surface area contributed by atoms with E-state index in [1.807, 2.05) is 13.0 Å². The van der Waals surface area contributed by atoms with Gasteiger partial charge in [-0.1, -0.05) is 0 Å². The number of nitrogens with zero attached hydrogens (tertiary/aromatic N) is 1. The molecular formula is C20H28N4O4+2. The summed E-state index contributed by atoms with van der Waals surface area (Å²) >= 11 is 0. The fraction of sp³-hybridized carbons (Fsp3) is 0.600. The number of ether oxygens (including phenoxy) is 2. The first kappa shape index (κ1) is 17.8. The van der Waals surface area contributed by atoms with Crippen molar-refractivity contribution >= 4 is 11.9 Å². The maximum atomic E-state index is 12.8. The molecule has 0 bridgehead atoms. The Balaban J connectivity index is 1.14. The Morgan fingerprint density at radius 2 is 1.82 bits per heavy atom.